The third-order valence-corrected chi connectivity index (χ3v) is 4.60. The Kier molecular flexibility index (Phi) is 6.15. The molecule has 0 aliphatic carbocycles. The van der Waals surface area contributed by atoms with Crippen molar-refractivity contribution in [1.82, 2.24) is 0 Å². The van der Waals surface area contributed by atoms with Gasteiger partial charge in [0, 0.05) is 12.1 Å². The van der Waals surface area contributed by atoms with E-state index in [-0.39, 0.29) is 27.8 Å². The molecule has 0 aliphatic heterocycles. The van der Waals surface area contributed by atoms with Gasteiger partial charge in [0.15, 0.2) is 0 Å². The molecule has 3 aromatic rings. The third-order valence-electron chi connectivity index (χ3n) is 4.60. The van der Waals surface area contributed by atoms with Crippen LogP contribution in [0.15, 0.2) is 51.9 Å². The number of ether oxygens (including phenoxy) is 1. The second-order valence-corrected chi connectivity index (χ2v) is 6.78. The molecule has 0 saturated heterocycles. The largest absolute Gasteiger partial charge is 0.507 e. The highest BCUT2D eigenvalue weighted by Gasteiger charge is 2.30. The number of phenolic OH excluding ortho intramolecular Hbond substituents is 1. The predicted octanol–water partition coefficient (Wildman–Crippen LogP) is 6.14. The highest BCUT2D eigenvalue weighted by molar-refractivity contribution is 5.88. The minimum absolute atomic E-state index is 0.0612. The zero-order chi connectivity index (χ0) is 21.0. The third kappa shape index (κ3) is 4.72. The van der Waals surface area contributed by atoms with Gasteiger partial charge >= 0.3 is 6.18 Å². The number of rotatable bonds is 7. The Labute approximate surface area is 165 Å². The first-order valence-electron chi connectivity index (χ1n) is 9.40. The molecule has 1 heterocycles. The summed E-state index contributed by atoms with van der Waals surface area (Å²) in [6.45, 7) is 2.58. The molecule has 0 radical (unpaired) electrons. The lowest BCUT2D eigenvalue weighted by Gasteiger charge is -2.10. The van der Waals surface area contributed by atoms with E-state index < -0.39 is 17.2 Å². The average Bonchev–Trinajstić information content (AvgIpc) is 2.67. The van der Waals surface area contributed by atoms with Crippen LogP contribution in [0.25, 0.3) is 22.1 Å². The maximum Gasteiger partial charge on any atom is 0.416 e. The highest BCUT2D eigenvalue weighted by Crippen LogP contribution is 2.33. The van der Waals surface area contributed by atoms with Crippen LogP contribution in [0.1, 0.15) is 38.2 Å². The van der Waals surface area contributed by atoms with E-state index in [1.807, 2.05) is 0 Å². The fourth-order valence-corrected chi connectivity index (χ4v) is 3.07. The number of fused-ring (bicyclic) bond motifs is 1. The molecule has 3 rings (SSSR count). The van der Waals surface area contributed by atoms with Gasteiger partial charge in [-0.3, -0.25) is 4.79 Å². The van der Waals surface area contributed by atoms with Crippen LogP contribution in [0.3, 0.4) is 0 Å². The lowest BCUT2D eigenvalue weighted by Crippen LogP contribution is -2.08. The summed E-state index contributed by atoms with van der Waals surface area (Å²) < 4.78 is 49.9. The molecule has 0 amide bonds. The van der Waals surface area contributed by atoms with E-state index in [4.69, 9.17) is 9.15 Å². The molecule has 154 valence electrons. The molecule has 1 aromatic heterocycles. The number of hydrogen-bond donors (Lipinski definition) is 1. The van der Waals surface area contributed by atoms with E-state index in [0.717, 1.165) is 44.1 Å². The fraction of sp³-hybridized carbons (Fsp3) is 0.318. The molecule has 4 nitrogen and oxygen atoms in total. The molecule has 2 aromatic carbocycles. The first-order valence-corrected chi connectivity index (χ1v) is 9.40. The smallest absolute Gasteiger partial charge is 0.416 e. The minimum atomic E-state index is -4.53. The topological polar surface area (TPSA) is 59.7 Å². The number of benzene rings is 2. The molecule has 29 heavy (non-hydrogen) atoms. The molecule has 0 unspecified atom stereocenters. The monoisotopic (exact) mass is 406 g/mol. The van der Waals surface area contributed by atoms with Crippen LogP contribution in [0.2, 0.25) is 0 Å². The van der Waals surface area contributed by atoms with E-state index >= 15 is 0 Å². The summed E-state index contributed by atoms with van der Waals surface area (Å²) in [4.78, 5) is 12.8. The summed E-state index contributed by atoms with van der Waals surface area (Å²) in [7, 11) is 0. The summed E-state index contributed by atoms with van der Waals surface area (Å²) in [6, 6.07) is 7.22. The molecule has 1 N–H and O–H groups in total. The Hall–Kier alpha value is -2.96. The van der Waals surface area contributed by atoms with E-state index in [0.29, 0.717) is 12.4 Å². The quantitative estimate of drug-likeness (QED) is 0.479. The molecule has 0 spiro atoms. The van der Waals surface area contributed by atoms with Crippen molar-refractivity contribution in [2.45, 2.75) is 38.8 Å². The summed E-state index contributed by atoms with van der Waals surface area (Å²) >= 11 is 0. The van der Waals surface area contributed by atoms with Crippen molar-refractivity contribution in [1.29, 1.82) is 0 Å². The Morgan fingerprint density at radius 3 is 2.62 bits per heavy atom. The predicted molar refractivity (Wildman–Crippen MR) is 104 cm³/mol. The Morgan fingerprint density at radius 1 is 1.10 bits per heavy atom. The van der Waals surface area contributed by atoms with Crippen LogP contribution in [-0.4, -0.2) is 11.7 Å². The van der Waals surface area contributed by atoms with Gasteiger partial charge in [-0.25, -0.2) is 0 Å². The molecule has 0 aliphatic rings. The molecule has 0 atom stereocenters. The van der Waals surface area contributed by atoms with E-state index in [1.165, 1.54) is 24.3 Å². The number of unbranched alkanes of at least 4 members (excludes halogenated alkanes) is 3. The van der Waals surface area contributed by atoms with Crippen molar-refractivity contribution in [3.63, 3.8) is 0 Å². The van der Waals surface area contributed by atoms with Crippen LogP contribution >= 0.6 is 0 Å². The van der Waals surface area contributed by atoms with Crippen LogP contribution in [0, 0.1) is 0 Å². The normalized spacial score (nSPS) is 11.7. The highest BCUT2D eigenvalue weighted by atomic mass is 19.4. The van der Waals surface area contributed by atoms with Gasteiger partial charge in [-0.15, -0.1) is 0 Å². The van der Waals surface area contributed by atoms with Gasteiger partial charge in [0.05, 0.1) is 17.7 Å². The second-order valence-electron chi connectivity index (χ2n) is 6.78. The number of halogens is 3. The number of hydrogen-bond acceptors (Lipinski definition) is 4. The molecule has 0 fully saturated rings. The molecular formula is C22H21F3O4. The van der Waals surface area contributed by atoms with Crippen LogP contribution < -0.4 is 10.2 Å². The number of aromatic hydroxyl groups is 1. The van der Waals surface area contributed by atoms with Crippen molar-refractivity contribution in [3.8, 4) is 22.6 Å². The van der Waals surface area contributed by atoms with Gasteiger partial charge in [-0.1, -0.05) is 38.3 Å². The molecule has 7 heteroatoms. The van der Waals surface area contributed by atoms with Gasteiger partial charge < -0.3 is 14.3 Å². The summed E-state index contributed by atoms with van der Waals surface area (Å²) in [6.07, 6.45) is 0.690. The molecule has 0 saturated carbocycles. The van der Waals surface area contributed by atoms with Gasteiger partial charge in [0.1, 0.15) is 28.7 Å². The Balaban J connectivity index is 1.93. The first kappa shape index (κ1) is 20.8. The summed E-state index contributed by atoms with van der Waals surface area (Å²) in [5, 5.41) is 10.2. The van der Waals surface area contributed by atoms with Crippen molar-refractivity contribution < 1.29 is 27.4 Å². The van der Waals surface area contributed by atoms with E-state index in [1.54, 1.807) is 0 Å². The van der Waals surface area contributed by atoms with Crippen LogP contribution in [0.4, 0.5) is 13.2 Å². The average molecular weight is 406 g/mol. The van der Waals surface area contributed by atoms with Crippen LogP contribution in [0.5, 0.6) is 11.5 Å². The lowest BCUT2D eigenvalue weighted by molar-refractivity contribution is -0.137. The number of alkyl halides is 3. The van der Waals surface area contributed by atoms with Gasteiger partial charge in [-0.05, 0) is 24.1 Å². The van der Waals surface area contributed by atoms with Crippen molar-refractivity contribution >= 4 is 11.0 Å². The van der Waals surface area contributed by atoms with E-state index in [2.05, 4.69) is 6.92 Å². The summed E-state index contributed by atoms with van der Waals surface area (Å²) in [5.41, 5.74) is -1.38. The minimum Gasteiger partial charge on any atom is -0.507 e. The summed E-state index contributed by atoms with van der Waals surface area (Å²) in [5.74, 6) is 0.0232. The Bertz CT molecular complexity index is 1050. The molecule has 0 bridgehead atoms. The van der Waals surface area contributed by atoms with Crippen LogP contribution in [-0.2, 0) is 6.18 Å². The first-order chi connectivity index (χ1) is 13.8. The maximum absolute atomic E-state index is 13.0. The lowest BCUT2D eigenvalue weighted by atomic mass is 10.0. The molecular weight excluding hydrogens is 385 g/mol. The number of phenols is 1. The zero-order valence-corrected chi connectivity index (χ0v) is 15.9. The van der Waals surface area contributed by atoms with Crippen molar-refractivity contribution in [3.05, 3.63) is 58.4 Å². The van der Waals surface area contributed by atoms with Gasteiger partial charge in [-0.2, -0.15) is 13.2 Å². The second kappa shape index (κ2) is 8.59. The van der Waals surface area contributed by atoms with Crippen molar-refractivity contribution in [2.75, 3.05) is 6.61 Å². The van der Waals surface area contributed by atoms with Crippen molar-refractivity contribution in [2.24, 2.45) is 0 Å². The zero-order valence-electron chi connectivity index (χ0n) is 15.9. The van der Waals surface area contributed by atoms with E-state index in [9.17, 15) is 23.1 Å². The Morgan fingerprint density at radius 2 is 1.90 bits per heavy atom. The standard InChI is InChI=1S/C22H21F3O4/c1-2-3-4-5-9-28-16-11-18(26)20-19(12-16)29-13-17(21(20)27)14-7-6-8-15(10-14)22(23,24)25/h6-8,10-13,26H,2-5,9H2,1H3. The maximum atomic E-state index is 13.0. The SMILES string of the molecule is CCCCCCOc1cc(O)c2c(=O)c(-c3cccc(C(F)(F)F)c3)coc2c1. The van der Waals surface area contributed by atoms with Gasteiger partial charge in [0.2, 0.25) is 5.43 Å². The van der Waals surface area contributed by atoms with Gasteiger partial charge in [0.25, 0.3) is 0 Å². The fourth-order valence-electron chi connectivity index (χ4n) is 3.07.